The second kappa shape index (κ2) is 5.79. The van der Waals surface area contributed by atoms with Crippen LogP contribution in [0.2, 0.25) is 0 Å². The van der Waals surface area contributed by atoms with Gasteiger partial charge in [0.1, 0.15) is 11.6 Å². The number of nitrogens with two attached hydrogens (primary N) is 2. The molecule has 0 aliphatic heterocycles. The lowest BCUT2D eigenvalue weighted by Crippen LogP contribution is -2.14. The van der Waals surface area contributed by atoms with E-state index < -0.39 is 5.91 Å². The first-order chi connectivity index (χ1) is 9.51. The lowest BCUT2D eigenvalue weighted by atomic mass is 10.2. The van der Waals surface area contributed by atoms with Crippen LogP contribution in [-0.2, 0) is 0 Å². The van der Waals surface area contributed by atoms with Gasteiger partial charge in [-0.05, 0) is 40.2 Å². The summed E-state index contributed by atoms with van der Waals surface area (Å²) in [6, 6.07) is 6.87. The molecule has 1 aromatic carbocycles. The van der Waals surface area contributed by atoms with E-state index >= 15 is 0 Å². The van der Waals surface area contributed by atoms with E-state index in [9.17, 15) is 4.79 Å². The second-order valence-electron chi connectivity index (χ2n) is 4.00. The number of anilines is 3. The topological polar surface area (TPSA) is 103 Å². The summed E-state index contributed by atoms with van der Waals surface area (Å²) in [5.74, 6) is 0.458. The number of carbonyl (C=O) groups is 1. The van der Waals surface area contributed by atoms with Crippen molar-refractivity contribution in [3.8, 4) is 5.75 Å². The van der Waals surface area contributed by atoms with E-state index in [-0.39, 0.29) is 5.56 Å². The number of methoxy groups -OCH3 is 1. The van der Waals surface area contributed by atoms with Crippen LogP contribution in [-0.4, -0.2) is 18.0 Å². The second-order valence-corrected chi connectivity index (χ2v) is 4.86. The third kappa shape index (κ3) is 3.00. The van der Waals surface area contributed by atoms with E-state index in [1.54, 1.807) is 19.2 Å². The van der Waals surface area contributed by atoms with Crippen molar-refractivity contribution >= 4 is 39.0 Å². The van der Waals surface area contributed by atoms with E-state index in [2.05, 4.69) is 26.2 Å². The zero-order valence-electron chi connectivity index (χ0n) is 10.7. The van der Waals surface area contributed by atoms with Gasteiger partial charge in [-0.25, -0.2) is 4.98 Å². The average Bonchev–Trinajstić information content (AvgIpc) is 2.41. The molecule has 0 saturated heterocycles. The Morgan fingerprint density at radius 1 is 1.40 bits per heavy atom. The van der Waals surface area contributed by atoms with Gasteiger partial charge >= 0.3 is 0 Å². The van der Waals surface area contributed by atoms with Gasteiger partial charge in [-0.1, -0.05) is 0 Å². The van der Waals surface area contributed by atoms with Crippen LogP contribution in [0.1, 0.15) is 10.4 Å². The van der Waals surface area contributed by atoms with E-state index in [0.717, 1.165) is 10.2 Å². The largest absolute Gasteiger partial charge is 0.496 e. The van der Waals surface area contributed by atoms with Gasteiger partial charge in [0.15, 0.2) is 0 Å². The molecular formula is C13H13BrN4O2. The van der Waals surface area contributed by atoms with Crippen molar-refractivity contribution in [2.45, 2.75) is 0 Å². The number of rotatable bonds is 4. The van der Waals surface area contributed by atoms with Crippen molar-refractivity contribution in [2.24, 2.45) is 5.73 Å². The number of primary amides is 1. The van der Waals surface area contributed by atoms with E-state index in [1.807, 2.05) is 6.07 Å². The summed E-state index contributed by atoms with van der Waals surface area (Å²) < 4.78 is 5.93. The molecule has 2 aromatic rings. The Balaban J connectivity index is 2.35. The van der Waals surface area contributed by atoms with Crippen molar-refractivity contribution in [3.05, 3.63) is 40.5 Å². The lowest BCUT2D eigenvalue weighted by molar-refractivity contribution is 0.100. The molecule has 0 spiro atoms. The SMILES string of the molecule is COc1ccc(Nc2ncc(N)cc2C(N)=O)cc1Br. The number of carbonyl (C=O) groups excluding carboxylic acids is 1. The van der Waals surface area contributed by atoms with Gasteiger partial charge in [-0.3, -0.25) is 4.79 Å². The van der Waals surface area contributed by atoms with Gasteiger partial charge in [0.2, 0.25) is 0 Å². The maximum atomic E-state index is 11.4. The predicted molar refractivity (Wildman–Crippen MR) is 81.1 cm³/mol. The first kappa shape index (κ1) is 14.1. The minimum Gasteiger partial charge on any atom is -0.496 e. The van der Waals surface area contributed by atoms with Gasteiger partial charge in [0.25, 0.3) is 5.91 Å². The van der Waals surface area contributed by atoms with Crippen LogP contribution in [0.15, 0.2) is 34.9 Å². The van der Waals surface area contributed by atoms with Gasteiger partial charge in [0, 0.05) is 5.69 Å². The zero-order chi connectivity index (χ0) is 14.7. The first-order valence-electron chi connectivity index (χ1n) is 5.67. The molecule has 7 heteroatoms. The highest BCUT2D eigenvalue weighted by molar-refractivity contribution is 9.10. The van der Waals surface area contributed by atoms with Crippen LogP contribution >= 0.6 is 15.9 Å². The maximum absolute atomic E-state index is 11.4. The molecular weight excluding hydrogens is 324 g/mol. The molecule has 0 unspecified atom stereocenters. The number of hydrogen-bond acceptors (Lipinski definition) is 5. The van der Waals surface area contributed by atoms with Gasteiger partial charge in [0.05, 0.1) is 29.0 Å². The third-order valence-electron chi connectivity index (χ3n) is 2.59. The number of ether oxygens (including phenoxy) is 1. The Morgan fingerprint density at radius 3 is 2.75 bits per heavy atom. The van der Waals surface area contributed by atoms with Crippen LogP contribution in [0.5, 0.6) is 5.75 Å². The van der Waals surface area contributed by atoms with Crippen LogP contribution in [0.3, 0.4) is 0 Å². The number of amides is 1. The highest BCUT2D eigenvalue weighted by atomic mass is 79.9. The quantitative estimate of drug-likeness (QED) is 0.794. The smallest absolute Gasteiger partial charge is 0.252 e. The molecule has 1 aromatic heterocycles. The van der Waals surface area contributed by atoms with E-state index in [0.29, 0.717) is 17.3 Å². The minimum atomic E-state index is -0.597. The van der Waals surface area contributed by atoms with Gasteiger partial charge < -0.3 is 21.5 Å². The molecule has 1 amide bonds. The monoisotopic (exact) mass is 336 g/mol. The van der Waals surface area contributed by atoms with Crippen molar-refractivity contribution in [1.82, 2.24) is 4.98 Å². The summed E-state index contributed by atoms with van der Waals surface area (Å²) in [7, 11) is 1.58. The maximum Gasteiger partial charge on any atom is 0.252 e. The summed E-state index contributed by atoms with van der Waals surface area (Å²) in [5.41, 5.74) is 12.2. The number of pyridine rings is 1. The first-order valence-corrected chi connectivity index (χ1v) is 6.46. The summed E-state index contributed by atoms with van der Waals surface area (Å²) in [6.45, 7) is 0. The molecule has 0 saturated carbocycles. The minimum absolute atomic E-state index is 0.233. The number of benzene rings is 1. The van der Waals surface area contributed by atoms with Gasteiger partial charge in [-0.15, -0.1) is 0 Å². The molecule has 6 nitrogen and oxygen atoms in total. The van der Waals surface area contributed by atoms with Crippen LogP contribution < -0.4 is 21.5 Å². The predicted octanol–water partition coefficient (Wildman–Crippen LogP) is 2.28. The zero-order valence-corrected chi connectivity index (χ0v) is 12.3. The molecule has 0 radical (unpaired) electrons. The van der Waals surface area contributed by atoms with Crippen molar-refractivity contribution < 1.29 is 9.53 Å². The number of halogens is 1. The standard InChI is InChI=1S/C13H13BrN4O2/c1-20-11-3-2-8(5-10(11)14)18-13-9(12(16)19)4-7(15)6-17-13/h2-6H,15H2,1H3,(H2,16,19)(H,17,18). The Morgan fingerprint density at radius 2 is 2.15 bits per heavy atom. The van der Waals surface area contributed by atoms with Crippen LogP contribution in [0.4, 0.5) is 17.2 Å². The number of aromatic nitrogens is 1. The normalized spacial score (nSPS) is 10.1. The number of hydrogen-bond donors (Lipinski definition) is 3. The Labute approximate surface area is 124 Å². The molecule has 104 valence electrons. The lowest BCUT2D eigenvalue weighted by Gasteiger charge is -2.11. The Kier molecular flexibility index (Phi) is 4.09. The van der Waals surface area contributed by atoms with Crippen LogP contribution in [0.25, 0.3) is 0 Å². The molecule has 0 aliphatic carbocycles. The average molecular weight is 337 g/mol. The summed E-state index contributed by atoms with van der Waals surface area (Å²) >= 11 is 3.38. The third-order valence-corrected chi connectivity index (χ3v) is 3.21. The van der Waals surface area contributed by atoms with E-state index in [4.69, 9.17) is 16.2 Å². The number of nitrogens with one attached hydrogen (secondary N) is 1. The molecule has 0 aliphatic rings. The Bertz CT molecular complexity index is 661. The highest BCUT2D eigenvalue weighted by Crippen LogP contribution is 2.29. The Hall–Kier alpha value is -2.28. The molecule has 0 atom stereocenters. The molecule has 20 heavy (non-hydrogen) atoms. The molecule has 2 rings (SSSR count). The molecule has 5 N–H and O–H groups in total. The fraction of sp³-hybridized carbons (Fsp3) is 0.0769. The fourth-order valence-corrected chi connectivity index (χ4v) is 2.19. The van der Waals surface area contributed by atoms with Crippen molar-refractivity contribution in [3.63, 3.8) is 0 Å². The van der Waals surface area contributed by atoms with Crippen molar-refractivity contribution in [1.29, 1.82) is 0 Å². The summed E-state index contributed by atoms with van der Waals surface area (Å²) in [6.07, 6.45) is 1.45. The molecule has 1 heterocycles. The fourth-order valence-electron chi connectivity index (χ4n) is 1.65. The number of nitrogen functional groups attached to an aromatic ring is 1. The molecule has 0 fully saturated rings. The number of nitrogens with zero attached hydrogens (tertiary/aromatic N) is 1. The summed E-state index contributed by atoms with van der Waals surface area (Å²) in [5, 5.41) is 3.02. The van der Waals surface area contributed by atoms with Crippen LogP contribution in [0, 0.1) is 0 Å². The molecule has 0 bridgehead atoms. The van der Waals surface area contributed by atoms with Crippen molar-refractivity contribution in [2.75, 3.05) is 18.2 Å². The van der Waals surface area contributed by atoms with E-state index in [1.165, 1.54) is 12.3 Å². The van der Waals surface area contributed by atoms with Gasteiger partial charge in [-0.2, -0.15) is 0 Å². The summed E-state index contributed by atoms with van der Waals surface area (Å²) in [4.78, 5) is 15.5. The highest BCUT2D eigenvalue weighted by Gasteiger charge is 2.11.